The average molecular weight is 238 g/mol. The zero-order valence-corrected chi connectivity index (χ0v) is 10.7. The van der Waals surface area contributed by atoms with Gasteiger partial charge in [-0.15, -0.1) is 0 Å². The summed E-state index contributed by atoms with van der Waals surface area (Å²) in [6, 6.07) is 2.11. The highest BCUT2D eigenvalue weighted by Gasteiger charge is 2.05. The number of hydrogen-bond acceptors (Lipinski definition) is 3. The van der Waals surface area contributed by atoms with Gasteiger partial charge < -0.3 is 5.32 Å². The molecule has 0 radical (unpaired) electrons. The number of rotatable bonds is 5. The van der Waals surface area contributed by atoms with Crippen molar-refractivity contribution in [3.05, 3.63) is 18.5 Å². The van der Waals surface area contributed by atoms with Crippen molar-refractivity contribution in [2.24, 2.45) is 16.8 Å². The lowest BCUT2D eigenvalue weighted by atomic mass is 10.2. The van der Waals surface area contributed by atoms with E-state index in [2.05, 4.69) is 41.6 Å². The van der Waals surface area contributed by atoms with Gasteiger partial charge in [-0.05, 0) is 18.9 Å². The van der Waals surface area contributed by atoms with Gasteiger partial charge in [-0.1, -0.05) is 13.8 Å². The van der Waals surface area contributed by atoms with Crippen molar-refractivity contribution in [1.82, 2.24) is 20.5 Å². The Hall–Kier alpha value is -1.56. The van der Waals surface area contributed by atoms with Gasteiger partial charge in [0.15, 0.2) is 0 Å². The van der Waals surface area contributed by atoms with Gasteiger partial charge in [-0.25, -0.2) is 5.84 Å². The normalized spacial score (nSPS) is 13.8. The Bertz CT molecular complexity index is 330. The lowest BCUT2D eigenvalue weighted by Gasteiger charge is -2.16. The molecule has 0 aliphatic heterocycles. The highest BCUT2D eigenvalue weighted by molar-refractivity contribution is 5.79. The molecule has 1 unspecified atom stereocenters. The third-order valence-electron chi connectivity index (χ3n) is 2.15. The summed E-state index contributed by atoms with van der Waals surface area (Å²) < 4.78 is 1.87. The summed E-state index contributed by atoms with van der Waals surface area (Å²) in [6.45, 7) is 7.82. The number of hydrogen-bond donors (Lipinski definition) is 3. The number of hydrazine groups is 1. The maximum atomic E-state index is 5.41. The first-order valence-corrected chi connectivity index (χ1v) is 5.87. The Morgan fingerprint density at radius 3 is 2.76 bits per heavy atom. The van der Waals surface area contributed by atoms with E-state index in [0.29, 0.717) is 11.9 Å². The molecule has 4 N–H and O–H groups in total. The van der Waals surface area contributed by atoms with E-state index in [1.54, 1.807) is 6.20 Å². The lowest BCUT2D eigenvalue weighted by Crippen LogP contribution is -2.47. The standard InChI is InChI=1S/C11H22N6/c1-9(2)7-13-11(16-12)15-10(3)8-17-6-4-5-14-17/h4-6,9-10H,7-8,12H2,1-3H3,(H2,13,15,16). The molecule has 0 spiro atoms. The summed E-state index contributed by atoms with van der Waals surface area (Å²) in [5.74, 6) is 6.55. The first kappa shape index (κ1) is 13.5. The molecule has 1 rings (SSSR count). The number of nitrogens with zero attached hydrogens (tertiary/aromatic N) is 3. The van der Waals surface area contributed by atoms with Gasteiger partial charge in [0.25, 0.3) is 0 Å². The van der Waals surface area contributed by atoms with E-state index in [1.165, 1.54) is 0 Å². The molecular formula is C11H22N6. The minimum absolute atomic E-state index is 0.205. The van der Waals surface area contributed by atoms with Crippen LogP contribution in [0, 0.1) is 5.92 Å². The second-order valence-corrected chi connectivity index (χ2v) is 4.50. The molecule has 0 amide bonds. The summed E-state index contributed by atoms with van der Waals surface area (Å²) in [6.07, 6.45) is 3.70. The monoisotopic (exact) mass is 238 g/mol. The highest BCUT2D eigenvalue weighted by Crippen LogP contribution is 1.93. The van der Waals surface area contributed by atoms with Crippen LogP contribution in [0.1, 0.15) is 20.8 Å². The molecule has 1 heterocycles. The van der Waals surface area contributed by atoms with Gasteiger partial charge in [0.05, 0.1) is 6.54 Å². The second-order valence-electron chi connectivity index (χ2n) is 4.50. The Labute approximate surface area is 102 Å². The van der Waals surface area contributed by atoms with Crippen molar-refractivity contribution in [2.45, 2.75) is 33.4 Å². The fraction of sp³-hybridized carbons (Fsp3) is 0.636. The molecule has 0 saturated carbocycles. The first-order chi connectivity index (χ1) is 8.11. The lowest BCUT2D eigenvalue weighted by molar-refractivity contribution is 0.499. The number of aliphatic imine (C=N–C) groups is 1. The number of nitrogens with one attached hydrogen (secondary N) is 2. The minimum atomic E-state index is 0.205. The molecule has 0 aromatic carbocycles. The summed E-state index contributed by atoms with van der Waals surface area (Å²) in [4.78, 5) is 4.35. The molecule has 17 heavy (non-hydrogen) atoms. The molecule has 6 heteroatoms. The fourth-order valence-electron chi connectivity index (χ4n) is 1.37. The van der Waals surface area contributed by atoms with Crippen molar-refractivity contribution < 1.29 is 0 Å². The molecule has 1 aromatic rings. The number of aromatic nitrogens is 2. The molecule has 1 atom stereocenters. The van der Waals surface area contributed by atoms with Crippen molar-refractivity contribution in [2.75, 3.05) is 6.54 Å². The van der Waals surface area contributed by atoms with Gasteiger partial charge in [0.1, 0.15) is 0 Å². The van der Waals surface area contributed by atoms with E-state index < -0.39 is 0 Å². The van der Waals surface area contributed by atoms with E-state index in [9.17, 15) is 0 Å². The third-order valence-corrected chi connectivity index (χ3v) is 2.15. The van der Waals surface area contributed by atoms with Crippen LogP contribution in [-0.4, -0.2) is 28.3 Å². The van der Waals surface area contributed by atoms with Crippen LogP contribution in [0.15, 0.2) is 23.5 Å². The molecule has 0 bridgehead atoms. The SMILES string of the molecule is CC(C)CN=C(NN)NC(C)Cn1cccn1. The van der Waals surface area contributed by atoms with E-state index in [1.807, 2.05) is 16.9 Å². The van der Waals surface area contributed by atoms with Gasteiger partial charge in [-0.3, -0.25) is 15.1 Å². The van der Waals surface area contributed by atoms with Crippen LogP contribution < -0.4 is 16.6 Å². The second kappa shape index (κ2) is 6.90. The van der Waals surface area contributed by atoms with Crippen molar-refractivity contribution in [3.8, 4) is 0 Å². The Kier molecular flexibility index (Phi) is 5.48. The molecule has 96 valence electrons. The molecule has 0 aliphatic rings. The van der Waals surface area contributed by atoms with Crippen LogP contribution in [-0.2, 0) is 6.54 Å². The molecule has 0 aliphatic carbocycles. The zero-order chi connectivity index (χ0) is 12.7. The smallest absolute Gasteiger partial charge is 0.206 e. The van der Waals surface area contributed by atoms with Crippen LogP contribution in [0.2, 0.25) is 0 Å². The van der Waals surface area contributed by atoms with Gasteiger partial charge >= 0.3 is 0 Å². The maximum Gasteiger partial charge on any atom is 0.206 e. The first-order valence-electron chi connectivity index (χ1n) is 5.87. The topological polar surface area (TPSA) is 80.3 Å². The molecule has 0 saturated heterocycles. The van der Waals surface area contributed by atoms with Crippen LogP contribution >= 0.6 is 0 Å². The number of nitrogens with two attached hydrogens (primary N) is 1. The van der Waals surface area contributed by atoms with Crippen LogP contribution in [0.5, 0.6) is 0 Å². The third kappa shape index (κ3) is 5.35. The minimum Gasteiger partial charge on any atom is -0.351 e. The Morgan fingerprint density at radius 1 is 1.47 bits per heavy atom. The van der Waals surface area contributed by atoms with Gasteiger partial charge in [-0.2, -0.15) is 5.10 Å². The molecule has 0 fully saturated rings. The quantitative estimate of drug-likeness (QED) is 0.299. The van der Waals surface area contributed by atoms with Crippen molar-refractivity contribution in [3.63, 3.8) is 0 Å². The van der Waals surface area contributed by atoms with Crippen LogP contribution in [0.25, 0.3) is 0 Å². The van der Waals surface area contributed by atoms with E-state index >= 15 is 0 Å². The summed E-state index contributed by atoms with van der Waals surface area (Å²) in [5, 5.41) is 7.36. The van der Waals surface area contributed by atoms with Crippen molar-refractivity contribution in [1.29, 1.82) is 0 Å². The van der Waals surface area contributed by atoms with E-state index in [4.69, 9.17) is 5.84 Å². The predicted octanol–water partition coefficient (Wildman–Crippen LogP) is 0.337. The van der Waals surface area contributed by atoms with Crippen LogP contribution in [0.3, 0.4) is 0 Å². The van der Waals surface area contributed by atoms with E-state index in [0.717, 1.165) is 13.1 Å². The zero-order valence-electron chi connectivity index (χ0n) is 10.7. The highest BCUT2D eigenvalue weighted by atomic mass is 15.3. The van der Waals surface area contributed by atoms with Crippen LogP contribution in [0.4, 0.5) is 0 Å². The maximum absolute atomic E-state index is 5.41. The van der Waals surface area contributed by atoms with Crippen molar-refractivity contribution >= 4 is 5.96 Å². The summed E-state index contributed by atoms with van der Waals surface area (Å²) in [5.41, 5.74) is 2.58. The average Bonchev–Trinajstić information content (AvgIpc) is 2.76. The molecular weight excluding hydrogens is 216 g/mol. The number of guanidine groups is 1. The molecule has 1 aromatic heterocycles. The van der Waals surface area contributed by atoms with Gasteiger partial charge in [0.2, 0.25) is 5.96 Å². The summed E-state index contributed by atoms with van der Waals surface area (Å²) in [7, 11) is 0. The van der Waals surface area contributed by atoms with Gasteiger partial charge in [0, 0.05) is 25.0 Å². The fourth-order valence-corrected chi connectivity index (χ4v) is 1.37. The molecule has 6 nitrogen and oxygen atoms in total. The Morgan fingerprint density at radius 2 is 2.24 bits per heavy atom. The largest absolute Gasteiger partial charge is 0.351 e. The predicted molar refractivity (Wildman–Crippen MR) is 69.3 cm³/mol. The Balaban J connectivity index is 2.42. The van der Waals surface area contributed by atoms with E-state index in [-0.39, 0.29) is 6.04 Å². The summed E-state index contributed by atoms with van der Waals surface area (Å²) >= 11 is 0.